The Bertz CT molecular complexity index is 1070. The fraction of sp³-hybridized carbons (Fsp3) is 0.409. The van der Waals surface area contributed by atoms with Crippen molar-refractivity contribution in [3.8, 4) is 0 Å². The van der Waals surface area contributed by atoms with Crippen molar-refractivity contribution in [3.05, 3.63) is 36.4 Å². The van der Waals surface area contributed by atoms with E-state index in [0.29, 0.717) is 43.1 Å². The van der Waals surface area contributed by atoms with Gasteiger partial charge in [-0.3, -0.25) is 24.2 Å². The van der Waals surface area contributed by atoms with Crippen molar-refractivity contribution >= 4 is 40.4 Å². The molecule has 1 aromatic heterocycles. The molecule has 5 rings (SSSR count). The van der Waals surface area contributed by atoms with Gasteiger partial charge in [-0.25, -0.2) is 9.97 Å². The number of likely N-dealkylation sites (tertiary alicyclic amines) is 1. The van der Waals surface area contributed by atoms with Crippen LogP contribution >= 0.6 is 0 Å². The molecule has 3 amide bonds. The molecule has 2 aromatic rings. The third-order valence-electron chi connectivity index (χ3n) is 6.36. The minimum absolute atomic E-state index is 0.242. The molecule has 30 heavy (non-hydrogen) atoms. The Hall–Kier alpha value is -3.29. The van der Waals surface area contributed by atoms with Crippen LogP contribution in [0.4, 0.5) is 11.6 Å². The fourth-order valence-corrected chi connectivity index (χ4v) is 4.64. The standard InChI is InChI=1S/C22H23N5O3/c1-13(27-21(29)14-7-3-4-8-15(14)22(27)30)20(28)26-12-11-25(2)18-19(26)24-17-10-6-5-9-16(17)23-18/h3-6,9-10,13-15H,7-8,11-12H2,1-2H3. The summed E-state index contributed by atoms with van der Waals surface area (Å²) in [5.74, 6) is -0.386. The minimum atomic E-state index is -0.875. The van der Waals surface area contributed by atoms with Gasteiger partial charge in [-0.2, -0.15) is 0 Å². The number of carbonyl (C=O) groups excluding carboxylic acids is 3. The lowest BCUT2D eigenvalue weighted by atomic mass is 9.85. The van der Waals surface area contributed by atoms with E-state index >= 15 is 0 Å². The number of anilines is 2. The highest BCUT2D eigenvalue weighted by atomic mass is 16.2. The Labute approximate surface area is 174 Å². The molecule has 0 saturated carbocycles. The van der Waals surface area contributed by atoms with E-state index in [2.05, 4.69) is 4.98 Å². The van der Waals surface area contributed by atoms with Gasteiger partial charge in [0, 0.05) is 20.1 Å². The maximum Gasteiger partial charge on any atom is 0.251 e. The van der Waals surface area contributed by atoms with Gasteiger partial charge in [-0.15, -0.1) is 0 Å². The summed E-state index contributed by atoms with van der Waals surface area (Å²) >= 11 is 0. The zero-order valence-electron chi connectivity index (χ0n) is 17.0. The van der Waals surface area contributed by atoms with Gasteiger partial charge < -0.3 is 4.90 Å². The molecule has 3 atom stereocenters. The molecule has 154 valence electrons. The van der Waals surface area contributed by atoms with Crippen LogP contribution < -0.4 is 9.80 Å². The molecule has 0 spiro atoms. The Balaban J connectivity index is 1.48. The van der Waals surface area contributed by atoms with Gasteiger partial charge in [0.2, 0.25) is 11.8 Å². The number of carbonyl (C=O) groups is 3. The summed E-state index contributed by atoms with van der Waals surface area (Å²) in [4.78, 5) is 53.4. The van der Waals surface area contributed by atoms with E-state index in [1.807, 2.05) is 48.4 Å². The third-order valence-corrected chi connectivity index (χ3v) is 6.36. The number of para-hydroxylation sites is 2. The summed E-state index contributed by atoms with van der Waals surface area (Å²) in [7, 11) is 1.92. The van der Waals surface area contributed by atoms with Crippen LogP contribution in [0.2, 0.25) is 0 Å². The van der Waals surface area contributed by atoms with Crippen LogP contribution in [0.25, 0.3) is 11.0 Å². The number of aromatic nitrogens is 2. The summed E-state index contributed by atoms with van der Waals surface area (Å²) in [6, 6.07) is 6.64. The van der Waals surface area contributed by atoms with Gasteiger partial charge in [0.05, 0.1) is 22.9 Å². The van der Waals surface area contributed by atoms with Crippen LogP contribution in [-0.4, -0.2) is 58.8 Å². The number of fused-ring (bicyclic) bond motifs is 3. The number of benzene rings is 1. The minimum Gasteiger partial charge on any atom is -0.355 e. The lowest BCUT2D eigenvalue weighted by Gasteiger charge is -2.36. The maximum absolute atomic E-state index is 13.5. The zero-order valence-corrected chi connectivity index (χ0v) is 17.0. The number of nitrogens with zero attached hydrogens (tertiary/aromatic N) is 5. The van der Waals surface area contributed by atoms with E-state index < -0.39 is 6.04 Å². The first kappa shape index (κ1) is 18.7. The second-order valence-corrected chi connectivity index (χ2v) is 8.15. The number of allylic oxidation sites excluding steroid dienone is 2. The van der Waals surface area contributed by atoms with Gasteiger partial charge in [-0.1, -0.05) is 24.3 Å². The van der Waals surface area contributed by atoms with Crippen molar-refractivity contribution < 1.29 is 14.4 Å². The second kappa shape index (κ2) is 6.90. The van der Waals surface area contributed by atoms with Crippen LogP contribution in [0.3, 0.4) is 0 Å². The largest absolute Gasteiger partial charge is 0.355 e. The van der Waals surface area contributed by atoms with E-state index in [1.165, 1.54) is 4.90 Å². The number of hydrogen-bond donors (Lipinski definition) is 0. The average Bonchev–Trinajstić information content (AvgIpc) is 3.02. The monoisotopic (exact) mass is 405 g/mol. The lowest BCUT2D eigenvalue weighted by molar-refractivity contribution is -0.146. The van der Waals surface area contributed by atoms with E-state index in [4.69, 9.17) is 4.98 Å². The molecule has 1 aromatic carbocycles. The average molecular weight is 405 g/mol. The molecule has 3 aliphatic rings. The number of hydrogen-bond acceptors (Lipinski definition) is 6. The van der Waals surface area contributed by atoms with Crippen LogP contribution in [-0.2, 0) is 14.4 Å². The summed E-state index contributed by atoms with van der Waals surface area (Å²) in [5.41, 5.74) is 1.45. The third kappa shape index (κ3) is 2.70. The highest BCUT2D eigenvalue weighted by Crippen LogP contribution is 2.37. The van der Waals surface area contributed by atoms with Crippen LogP contribution in [0.5, 0.6) is 0 Å². The van der Waals surface area contributed by atoms with Crippen molar-refractivity contribution in [3.63, 3.8) is 0 Å². The molecule has 3 unspecified atom stereocenters. The smallest absolute Gasteiger partial charge is 0.251 e. The van der Waals surface area contributed by atoms with E-state index in [9.17, 15) is 14.4 Å². The number of amides is 3. The SMILES string of the molecule is CC(C(=O)N1CCN(C)c2nc3ccccc3nc21)N1C(=O)C2CC=CCC2C1=O. The molecule has 0 bridgehead atoms. The highest BCUT2D eigenvalue weighted by Gasteiger charge is 2.51. The molecule has 8 heteroatoms. The normalized spacial score (nSPS) is 24.3. The Morgan fingerprint density at radius 3 is 2.13 bits per heavy atom. The highest BCUT2D eigenvalue weighted by molar-refractivity contribution is 6.11. The summed E-state index contributed by atoms with van der Waals surface area (Å²) in [5, 5.41) is 0. The molecule has 0 radical (unpaired) electrons. The molecular formula is C22H23N5O3. The van der Waals surface area contributed by atoms with E-state index in [-0.39, 0.29) is 29.6 Å². The van der Waals surface area contributed by atoms with Crippen molar-refractivity contribution in [2.24, 2.45) is 11.8 Å². The number of likely N-dealkylation sites (N-methyl/N-ethyl adjacent to an activating group) is 1. The second-order valence-electron chi connectivity index (χ2n) is 8.15. The molecule has 1 fully saturated rings. The molecule has 3 heterocycles. The van der Waals surface area contributed by atoms with Crippen LogP contribution in [0.1, 0.15) is 19.8 Å². The van der Waals surface area contributed by atoms with E-state index in [1.54, 1.807) is 11.8 Å². The van der Waals surface area contributed by atoms with Gasteiger partial charge >= 0.3 is 0 Å². The molecule has 1 aliphatic carbocycles. The molecule has 1 saturated heterocycles. The summed E-state index contributed by atoms with van der Waals surface area (Å²) in [6.45, 7) is 2.65. The summed E-state index contributed by atoms with van der Waals surface area (Å²) < 4.78 is 0. The van der Waals surface area contributed by atoms with Crippen molar-refractivity contribution in [2.75, 3.05) is 29.9 Å². The first-order chi connectivity index (χ1) is 14.5. The Kier molecular flexibility index (Phi) is 4.30. The van der Waals surface area contributed by atoms with E-state index in [0.717, 1.165) is 5.52 Å². The van der Waals surface area contributed by atoms with Crippen LogP contribution in [0, 0.1) is 11.8 Å². The quantitative estimate of drug-likeness (QED) is 0.559. The van der Waals surface area contributed by atoms with Gasteiger partial charge in [-0.05, 0) is 31.9 Å². The fourth-order valence-electron chi connectivity index (χ4n) is 4.64. The Morgan fingerprint density at radius 1 is 0.967 bits per heavy atom. The lowest BCUT2D eigenvalue weighted by Crippen LogP contribution is -2.53. The zero-order chi connectivity index (χ0) is 21.0. The number of imide groups is 1. The van der Waals surface area contributed by atoms with Crippen molar-refractivity contribution in [1.29, 1.82) is 0 Å². The molecular weight excluding hydrogens is 382 g/mol. The number of rotatable bonds is 2. The van der Waals surface area contributed by atoms with Crippen LogP contribution in [0.15, 0.2) is 36.4 Å². The van der Waals surface area contributed by atoms with Gasteiger partial charge in [0.25, 0.3) is 5.91 Å². The van der Waals surface area contributed by atoms with Gasteiger partial charge in [0.15, 0.2) is 11.6 Å². The van der Waals surface area contributed by atoms with Crippen molar-refractivity contribution in [2.45, 2.75) is 25.8 Å². The predicted octanol–water partition coefficient (Wildman–Crippen LogP) is 1.75. The Morgan fingerprint density at radius 2 is 1.53 bits per heavy atom. The topological polar surface area (TPSA) is 86.7 Å². The van der Waals surface area contributed by atoms with Gasteiger partial charge in [0.1, 0.15) is 6.04 Å². The molecule has 0 N–H and O–H groups in total. The first-order valence-electron chi connectivity index (χ1n) is 10.3. The maximum atomic E-state index is 13.5. The molecule has 2 aliphatic heterocycles. The first-order valence-corrected chi connectivity index (χ1v) is 10.3. The van der Waals surface area contributed by atoms with Crippen molar-refractivity contribution in [1.82, 2.24) is 14.9 Å². The summed E-state index contributed by atoms with van der Waals surface area (Å²) in [6.07, 6.45) is 5.00. The molecule has 8 nitrogen and oxygen atoms in total. The predicted molar refractivity (Wildman–Crippen MR) is 112 cm³/mol.